The molecule has 0 atom stereocenters. The third-order valence-electron chi connectivity index (χ3n) is 4.14. The smallest absolute Gasteiger partial charge is 0.244 e. The molecule has 0 aromatic heterocycles. The third kappa shape index (κ3) is 5.45. The van der Waals surface area contributed by atoms with Gasteiger partial charge in [0, 0.05) is 18.3 Å². The lowest BCUT2D eigenvalue weighted by Crippen LogP contribution is -2.36. The van der Waals surface area contributed by atoms with E-state index in [0.29, 0.717) is 23.7 Å². The molecular weight excluding hydrogens is 352 g/mol. The van der Waals surface area contributed by atoms with Crippen molar-refractivity contribution in [3.05, 3.63) is 90.5 Å². The molecule has 0 aliphatic rings. The van der Waals surface area contributed by atoms with Gasteiger partial charge < -0.3 is 15.0 Å². The number of nitrogens with one attached hydrogen (secondary N) is 1. The van der Waals surface area contributed by atoms with Gasteiger partial charge in [0.05, 0.1) is 0 Å². The molecule has 3 aromatic rings. The fourth-order valence-corrected chi connectivity index (χ4v) is 2.71. The van der Waals surface area contributed by atoms with Crippen LogP contribution in [0, 0.1) is 0 Å². The molecule has 0 fully saturated rings. The summed E-state index contributed by atoms with van der Waals surface area (Å²) in [5.41, 5.74) is 2.41. The molecule has 0 saturated heterocycles. The lowest BCUT2D eigenvalue weighted by molar-refractivity contribution is -0.120. The Morgan fingerprint density at radius 3 is 2.07 bits per heavy atom. The topological polar surface area (TPSA) is 58.6 Å². The Hall–Kier alpha value is -3.60. The van der Waals surface area contributed by atoms with Crippen molar-refractivity contribution in [1.82, 2.24) is 0 Å². The van der Waals surface area contributed by atoms with E-state index in [-0.39, 0.29) is 18.4 Å². The molecule has 0 spiro atoms. The molecule has 2 amide bonds. The summed E-state index contributed by atoms with van der Waals surface area (Å²) in [5.74, 6) is 0.233. The van der Waals surface area contributed by atoms with Crippen molar-refractivity contribution in [3.63, 3.8) is 0 Å². The number of carbonyl (C=O) groups excluding carboxylic acids is 2. The van der Waals surface area contributed by atoms with Crippen molar-refractivity contribution in [1.29, 1.82) is 0 Å². The average Bonchev–Trinajstić information content (AvgIpc) is 2.72. The number of carbonyl (C=O) groups is 2. The van der Waals surface area contributed by atoms with E-state index in [0.717, 1.165) is 5.56 Å². The minimum Gasteiger partial charge on any atom is -0.489 e. The number of nitrogens with zero attached hydrogens (tertiary/aromatic N) is 1. The van der Waals surface area contributed by atoms with Crippen LogP contribution in [0.15, 0.2) is 84.9 Å². The van der Waals surface area contributed by atoms with E-state index in [1.165, 1.54) is 11.8 Å². The number of hydrogen-bond donors (Lipinski definition) is 1. The molecule has 142 valence electrons. The number of ether oxygens (including phenoxy) is 1. The van der Waals surface area contributed by atoms with Crippen molar-refractivity contribution in [3.8, 4) is 5.75 Å². The van der Waals surface area contributed by atoms with Crippen molar-refractivity contribution < 1.29 is 14.3 Å². The maximum absolute atomic E-state index is 12.3. The van der Waals surface area contributed by atoms with Crippen LogP contribution >= 0.6 is 0 Å². The highest BCUT2D eigenvalue weighted by atomic mass is 16.5. The largest absolute Gasteiger partial charge is 0.489 e. The Labute approximate surface area is 164 Å². The van der Waals surface area contributed by atoms with Crippen LogP contribution in [0.3, 0.4) is 0 Å². The molecule has 0 radical (unpaired) electrons. The molecule has 5 heteroatoms. The van der Waals surface area contributed by atoms with Crippen molar-refractivity contribution in [2.24, 2.45) is 0 Å². The van der Waals surface area contributed by atoms with Crippen LogP contribution in [0.25, 0.3) is 0 Å². The second-order valence-corrected chi connectivity index (χ2v) is 6.29. The fourth-order valence-electron chi connectivity index (χ4n) is 2.71. The zero-order valence-corrected chi connectivity index (χ0v) is 15.7. The molecule has 0 heterocycles. The Kier molecular flexibility index (Phi) is 6.41. The van der Waals surface area contributed by atoms with Gasteiger partial charge >= 0.3 is 0 Å². The molecule has 0 bridgehead atoms. The monoisotopic (exact) mass is 374 g/mol. The van der Waals surface area contributed by atoms with E-state index in [2.05, 4.69) is 5.32 Å². The number of amides is 2. The summed E-state index contributed by atoms with van der Waals surface area (Å²) in [6, 6.07) is 26.2. The fraction of sp³-hybridized carbons (Fsp3) is 0.130. The summed E-state index contributed by atoms with van der Waals surface area (Å²) in [6.07, 6.45) is 0. The van der Waals surface area contributed by atoms with Crippen LogP contribution in [-0.2, 0) is 16.2 Å². The van der Waals surface area contributed by atoms with Gasteiger partial charge in [0.15, 0.2) is 0 Å². The summed E-state index contributed by atoms with van der Waals surface area (Å²) >= 11 is 0. The molecule has 3 aromatic carbocycles. The molecule has 1 N–H and O–H groups in total. The van der Waals surface area contributed by atoms with Crippen LogP contribution in [0.1, 0.15) is 12.5 Å². The van der Waals surface area contributed by atoms with E-state index in [1.54, 1.807) is 36.4 Å². The predicted molar refractivity (Wildman–Crippen MR) is 110 cm³/mol. The zero-order valence-electron chi connectivity index (χ0n) is 15.7. The summed E-state index contributed by atoms with van der Waals surface area (Å²) in [5, 5.41) is 2.79. The molecule has 3 rings (SSSR count). The van der Waals surface area contributed by atoms with Crippen LogP contribution in [0.2, 0.25) is 0 Å². The highest BCUT2D eigenvalue weighted by molar-refractivity contribution is 6.01. The lowest BCUT2D eigenvalue weighted by Gasteiger charge is -2.21. The second-order valence-electron chi connectivity index (χ2n) is 6.29. The van der Waals surface area contributed by atoms with Gasteiger partial charge in [0.25, 0.3) is 0 Å². The first-order chi connectivity index (χ1) is 13.6. The van der Waals surface area contributed by atoms with E-state index >= 15 is 0 Å². The van der Waals surface area contributed by atoms with Gasteiger partial charge in [-0.15, -0.1) is 0 Å². The van der Waals surface area contributed by atoms with Crippen molar-refractivity contribution in [2.75, 3.05) is 16.8 Å². The average molecular weight is 374 g/mol. The third-order valence-corrected chi connectivity index (χ3v) is 4.14. The van der Waals surface area contributed by atoms with Crippen molar-refractivity contribution in [2.45, 2.75) is 13.5 Å². The SMILES string of the molecule is CC(=O)N(CC(=O)Nc1ccccc1)c1ccc(OCc2ccccc2)cc1. The highest BCUT2D eigenvalue weighted by Crippen LogP contribution is 2.21. The molecule has 5 nitrogen and oxygen atoms in total. The van der Waals surface area contributed by atoms with Gasteiger partial charge in [-0.25, -0.2) is 0 Å². The van der Waals surface area contributed by atoms with Gasteiger partial charge in [-0.1, -0.05) is 48.5 Å². The normalized spacial score (nSPS) is 10.2. The van der Waals surface area contributed by atoms with Crippen LogP contribution < -0.4 is 15.0 Å². The number of anilines is 2. The molecular formula is C23H22N2O3. The molecule has 0 unspecified atom stereocenters. The van der Waals surface area contributed by atoms with E-state index in [4.69, 9.17) is 4.74 Å². The van der Waals surface area contributed by atoms with Gasteiger partial charge in [0.1, 0.15) is 18.9 Å². The summed E-state index contributed by atoms with van der Waals surface area (Å²) in [6.45, 7) is 1.85. The lowest BCUT2D eigenvalue weighted by atomic mass is 10.2. The second kappa shape index (κ2) is 9.37. The Bertz CT molecular complexity index is 910. The van der Waals surface area contributed by atoms with Crippen LogP contribution in [0.5, 0.6) is 5.75 Å². The maximum Gasteiger partial charge on any atom is 0.244 e. The first-order valence-electron chi connectivity index (χ1n) is 9.01. The number of rotatable bonds is 7. The van der Waals surface area contributed by atoms with E-state index in [9.17, 15) is 9.59 Å². The Morgan fingerprint density at radius 1 is 0.857 bits per heavy atom. The quantitative estimate of drug-likeness (QED) is 0.672. The Balaban J connectivity index is 1.61. The number of para-hydroxylation sites is 1. The molecule has 0 aliphatic heterocycles. The van der Waals surface area contributed by atoms with Gasteiger partial charge in [-0.3, -0.25) is 9.59 Å². The number of hydrogen-bond acceptors (Lipinski definition) is 3. The van der Waals surface area contributed by atoms with Gasteiger partial charge in [-0.05, 0) is 42.0 Å². The summed E-state index contributed by atoms with van der Waals surface area (Å²) in [7, 11) is 0. The minimum atomic E-state index is -0.259. The Morgan fingerprint density at radius 2 is 1.46 bits per heavy atom. The zero-order chi connectivity index (χ0) is 19.8. The van der Waals surface area contributed by atoms with Crippen LogP contribution in [-0.4, -0.2) is 18.4 Å². The highest BCUT2D eigenvalue weighted by Gasteiger charge is 2.16. The van der Waals surface area contributed by atoms with Crippen molar-refractivity contribution >= 4 is 23.2 Å². The first kappa shape index (κ1) is 19.2. The standard InChI is InChI=1S/C23H22N2O3/c1-18(26)25(16-23(27)24-20-10-6-3-7-11-20)21-12-14-22(15-13-21)28-17-19-8-4-2-5-9-19/h2-15H,16-17H2,1H3,(H,24,27). The first-order valence-corrected chi connectivity index (χ1v) is 9.01. The van der Waals surface area contributed by atoms with E-state index < -0.39 is 0 Å². The molecule has 28 heavy (non-hydrogen) atoms. The van der Waals surface area contributed by atoms with Crippen LogP contribution in [0.4, 0.5) is 11.4 Å². The predicted octanol–water partition coefficient (Wildman–Crippen LogP) is 4.26. The maximum atomic E-state index is 12.3. The van der Waals surface area contributed by atoms with Gasteiger partial charge in [0.2, 0.25) is 11.8 Å². The summed E-state index contributed by atoms with van der Waals surface area (Å²) in [4.78, 5) is 25.8. The minimum absolute atomic E-state index is 0.0611. The summed E-state index contributed by atoms with van der Waals surface area (Å²) < 4.78 is 5.76. The molecule has 0 aliphatic carbocycles. The molecule has 0 saturated carbocycles. The number of benzene rings is 3. The van der Waals surface area contributed by atoms with Gasteiger partial charge in [-0.2, -0.15) is 0 Å². The van der Waals surface area contributed by atoms with E-state index in [1.807, 2.05) is 48.5 Å².